The highest BCUT2D eigenvalue weighted by molar-refractivity contribution is 9.10. The van der Waals surface area contributed by atoms with Crippen LogP contribution < -0.4 is 16.2 Å². The molecule has 1 aromatic carbocycles. The van der Waals surface area contributed by atoms with Crippen molar-refractivity contribution in [2.24, 2.45) is 0 Å². The second kappa shape index (κ2) is 8.15. The molecule has 8 heteroatoms. The molecule has 0 aliphatic carbocycles. The zero-order valence-electron chi connectivity index (χ0n) is 14.7. The van der Waals surface area contributed by atoms with Gasteiger partial charge < -0.3 is 5.32 Å². The van der Waals surface area contributed by atoms with E-state index in [-0.39, 0.29) is 24.1 Å². The molecule has 0 aliphatic rings. The van der Waals surface area contributed by atoms with Crippen LogP contribution >= 0.6 is 15.9 Å². The Balaban J connectivity index is 1.86. The number of amides is 2. The first kappa shape index (κ1) is 19.0. The fourth-order valence-electron chi connectivity index (χ4n) is 2.29. The Kier molecular flexibility index (Phi) is 6.19. The molecule has 0 saturated carbocycles. The second-order valence-electron chi connectivity index (χ2n) is 6.13. The maximum atomic E-state index is 12.1. The topological polar surface area (TPSA) is 98.9 Å². The van der Waals surface area contributed by atoms with Gasteiger partial charge in [-0.3, -0.25) is 25.5 Å². The standard InChI is InChI=1S/C17H22BrN5O2/c1-9(2)15-14(18)16(22-21-15)17(25)23-20-13(24)8-19-12-6-5-10(3)7-11(12)4/h5-7,9,19H,8H2,1-4H3,(H,20,24)(H,21,22)(H,23,25). The summed E-state index contributed by atoms with van der Waals surface area (Å²) in [5.74, 6) is -0.654. The van der Waals surface area contributed by atoms with Crippen molar-refractivity contribution in [2.45, 2.75) is 33.6 Å². The third-order valence-corrected chi connectivity index (χ3v) is 4.46. The fraction of sp³-hybridized carbons (Fsp3) is 0.353. The molecule has 0 radical (unpaired) electrons. The van der Waals surface area contributed by atoms with Crippen LogP contribution in [0.3, 0.4) is 0 Å². The summed E-state index contributed by atoms with van der Waals surface area (Å²) in [5.41, 5.74) is 8.85. The van der Waals surface area contributed by atoms with Crippen LogP contribution in [-0.4, -0.2) is 28.6 Å². The van der Waals surface area contributed by atoms with Crippen molar-refractivity contribution in [1.29, 1.82) is 0 Å². The van der Waals surface area contributed by atoms with Gasteiger partial charge in [-0.05, 0) is 47.3 Å². The van der Waals surface area contributed by atoms with Crippen molar-refractivity contribution in [3.63, 3.8) is 0 Å². The molecule has 4 N–H and O–H groups in total. The first-order valence-electron chi connectivity index (χ1n) is 7.93. The minimum Gasteiger partial charge on any atom is -0.376 e. The van der Waals surface area contributed by atoms with E-state index in [0.717, 1.165) is 22.5 Å². The van der Waals surface area contributed by atoms with Crippen molar-refractivity contribution < 1.29 is 9.59 Å². The van der Waals surface area contributed by atoms with Gasteiger partial charge in [0.15, 0.2) is 5.69 Å². The Hall–Kier alpha value is -2.35. The summed E-state index contributed by atoms with van der Waals surface area (Å²) in [4.78, 5) is 24.0. The number of hydrazine groups is 1. The molecule has 0 atom stereocenters. The average molecular weight is 408 g/mol. The lowest BCUT2D eigenvalue weighted by atomic mass is 10.1. The zero-order chi connectivity index (χ0) is 18.6. The van der Waals surface area contributed by atoms with E-state index in [1.807, 2.05) is 45.9 Å². The van der Waals surface area contributed by atoms with Crippen LogP contribution in [0.4, 0.5) is 5.69 Å². The number of H-pyrrole nitrogens is 1. The number of aromatic amines is 1. The summed E-state index contributed by atoms with van der Waals surface area (Å²) in [5, 5.41) is 9.83. The molecule has 2 amide bonds. The largest absolute Gasteiger partial charge is 0.376 e. The van der Waals surface area contributed by atoms with Gasteiger partial charge in [0.2, 0.25) is 0 Å². The molecular formula is C17H22BrN5O2. The highest BCUT2D eigenvalue weighted by Crippen LogP contribution is 2.25. The van der Waals surface area contributed by atoms with Gasteiger partial charge in [-0.2, -0.15) is 5.10 Å². The minimum atomic E-state index is -0.491. The van der Waals surface area contributed by atoms with Crippen LogP contribution in [0.5, 0.6) is 0 Å². The third-order valence-electron chi connectivity index (χ3n) is 3.66. The number of aromatic nitrogens is 2. The molecule has 0 bridgehead atoms. The quantitative estimate of drug-likeness (QED) is 0.572. The number of benzene rings is 1. The summed E-state index contributed by atoms with van der Waals surface area (Å²) in [6.07, 6.45) is 0. The summed E-state index contributed by atoms with van der Waals surface area (Å²) in [6, 6.07) is 5.92. The van der Waals surface area contributed by atoms with Crippen LogP contribution in [0, 0.1) is 13.8 Å². The van der Waals surface area contributed by atoms with E-state index in [2.05, 4.69) is 42.3 Å². The molecule has 25 heavy (non-hydrogen) atoms. The highest BCUT2D eigenvalue weighted by atomic mass is 79.9. The molecular weight excluding hydrogens is 386 g/mol. The molecule has 7 nitrogen and oxygen atoms in total. The van der Waals surface area contributed by atoms with E-state index in [1.54, 1.807) is 0 Å². The Labute approximate surface area is 155 Å². The molecule has 0 spiro atoms. The van der Waals surface area contributed by atoms with Crippen LogP contribution in [0.25, 0.3) is 0 Å². The first-order chi connectivity index (χ1) is 11.8. The molecule has 0 aliphatic heterocycles. The number of carbonyl (C=O) groups is 2. The number of anilines is 1. The number of nitrogens with one attached hydrogen (secondary N) is 4. The summed E-state index contributed by atoms with van der Waals surface area (Å²) in [6.45, 7) is 8.00. The van der Waals surface area contributed by atoms with Gasteiger partial charge in [-0.25, -0.2) is 0 Å². The number of aryl methyl sites for hydroxylation is 2. The number of halogens is 1. The molecule has 134 valence electrons. The van der Waals surface area contributed by atoms with E-state index in [4.69, 9.17) is 0 Å². The second-order valence-corrected chi connectivity index (χ2v) is 6.92. The van der Waals surface area contributed by atoms with Gasteiger partial charge in [0.25, 0.3) is 11.8 Å². The lowest BCUT2D eigenvalue weighted by Gasteiger charge is -2.11. The number of nitrogens with zero attached hydrogens (tertiary/aromatic N) is 1. The summed E-state index contributed by atoms with van der Waals surface area (Å²) < 4.78 is 0.600. The predicted octanol–water partition coefficient (Wildman–Crippen LogP) is 2.79. The van der Waals surface area contributed by atoms with Crippen LogP contribution in [0.1, 0.15) is 47.1 Å². The molecule has 0 fully saturated rings. The van der Waals surface area contributed by atoms with E-state index < -0.39 is 5.91 Å². The predicted molar refractivity (Wildman–Crippen MR) is 100 cm³/mol. The number of hydrogen-bond donors (Lipinski definition) is 4. The maximum Gasteiger partial charge on any atom is 0.291 e. The van der Waals surface area contributed by atoms with E-state index in [1.165, 1.54) is 0 Å². The van der Waals surface area contributed by atoms with Crippen molar-refractivity contribution >= 4 is 33.4 Å². The smallest absolute Gasteiger partial charge is 0.291 e. The van der Waals surface area contributed by atoms with E-state index in [9.17, 15) is 9.59 Å². The Bertz CT molecular complexity index is 785. The number of hydrogen-bond acceptors (Lipinski definition) is 4. The SMILES string of the molecule is Cc1ccc(NCC(=O)NNC(=O)c2n[nH]c(C(C)C)c2Br)c(C)c1. The van der Waals surface area contributed by atoms with Gasteiger partial charge in [0.05, 0.1) is 16.7 Å². The molecule has 2 aromatic rings. The van der Waals surface area contributed by atoms with Crippen LogP contribution in [0.2, 0.25) is 0 Å². The zero-order valence-corrected chi connectivity index (χ0v) is 16.2. The van der Waals surface area contributed by atoms with Crippen LogP contribution in [0.15, 0.2) is 22.7 Å². The van der Waals surface area contributed by atoms with E-state index >= 15 is 0 Å². The number of carbonyl (C=O) groups excluding carboxylic acids is 2. The Morgan fingerprint density at radius 1 is 1.24 bits per heavy atom. The molecule has 1 heterocycles. The van der Waals surface area contributed by atoms with Gasteiger partial charge in [-0.1, -0.05) is 31.5 Å². The van der Waals surface area contributed by atoms with Crippen molar-refractivity contribution in [2.75, 3.05) is 11.9 Å². The van der Waals surface area contributed by atoms with Crippen LogP contribution in [-0.2, 0) is 4.79 Å². The molecule has 0 unspecified atom stereocenters. The average Bonchev–Trinajstić information content (AvgIpc) is 2.93. The van der Waals surface area contributed by atoms with Gasteiger partial charge >= 0.3 is 0 Å². The molecule has 0 saturated heterocycles. The Morgan fingerprint density at radius 3 is 2.56 bits per heavy atom. The van der Waals surface area contributed by atoms with Gasteiger partial charge in [0, 0.05) is 5.69 Å². The molecule has 2 rings (SSSR count). The van der Waals surface area contributed by atoms with Crippen molar-refractivity contribution in [1.82, 2.24) is 21.0 Å². The normalized spacial score (nSPS) is 10.6. The van der Waals surface area contributed by atoms with E-state index in [0.29, 0.717) is 4.47 Å². The highest BCUT2D eigenvalue weighted by Gasteiger charge is 2.19. The summed E-state index contributed by atoms with van der Waals surface area (Å²) in [7, 11) is 0. The maximum absolute atomic E-state index is 12.1. The minimum absolute atomic E-state index is 0.0448. The lowest BCUT2D eigenvalue weighted by molar-refractivity contribution is -0.120. The van der Waals surface area contributed by atoms with Crippen molar-refractivity contribution in [3.8, 4) is 0 Å². The third kappa shape index (κ3) is 4.82. The number of rotatable bonds is 5. The fourth-order valence-corrected chi connectivity index (χ4v) is 3.11. The summed E-state index contributed by atoms with van der Waals surface area (Å²) >= 11 is 3.35. The monoisotopic (exact) mass is 407 g/mol. The first-order valence-corrected chi connectivity index (χ1v) is 8.73. The lowest BCUT2D eigenvalue weighted by Crippen LogP contribution is -2.44. The van der Waals surface area contributed by atoms with Gasteiger partial charge in [0.1, 0.15) is 0 Å². The van der Waals surface area contributed by atoms with Gasteiger partial charge in [-0.15, -0.1) is 0 Å². The molecule has 1 aromatic heterocycles. The Morgan fingerprint density at radius 2 is 1.96 bits per heavy atom. The van der Waals surface area contributed by atoms with Crippen molar-refractivity contribution in [3.05, 3.63) is 45.2 Å².